The zero-order valence-electron chi connectivity index (χ0n) is 19.0. The molecule has 5 nitrogen and oxygen atoms in total. The number of thioether (sulfide) groups is 1. The monoisotopic (exact) mass is 451 g/mol. The molecule has 0 atom stereocenters. The molecule has 170 valence electrons. The topological polar surface area (TPSA) is 52.7 Å². The van der Waals surface area contributed by atoms with Crippen LogP contribution in [0.1, 0.15) is 42.6 Å². The molecule has 32 heavy (non-hydrogen) atoms. The highest BCUT2D eigenvalue weighted by Crippen LogP contribution is 2.30. The average molecular weight is 452 g/mol. The van der Waals surface area contributed by atoms with E-state index in [1.165, 1.54) is 17.3 Å². The minimum atomic E-state index is -0.0330. The lowest BCUT2D eigenvalue weighted by molar-refractivity contribution is -0.116. The first kappa shape index (κ1) is 22.9. The Labute approximate surface area is 195 Å². The SMILES string of the molecule is CC(C)CN1CCC(NC(=O)c2ccccc2SCC(=O)N2CCc3ccccc32)CC1. The van der Waals surface area contributed by atoms with Crippen molar-refractivity contribution in [3.63, 3.8) is 0 Å². The smallest absolute Gasteiger partial charge is 0.252 e. The van der Waals surface area contributed by atoms with Crippen molar-refractivity contribution in [2.45, 2.75) is 44.0 Å². The Morgan fingerprint density at radius 2 is 1.75 bits per heavy atom. The molecular weight excluding hydrogens is 418 g/mol. The highest BCUT2D eigenvalue weighted by Gasteiger charge is 2.25. The number of amides is 2. The molecule has 0 unspecified atom stereocenters. The summed E-state index contributed by atoms with van der Waals surface area (Å²) in [6, 6.07) is 15.9. The largest absolute Gasteiger partial charge is 0.349 e. The highest BCUT2D eigenvalue weighted by atomic mass is 32.2. The van der Waals surface area contributed by atoms with E-state index in [9.17, 15) is 9.59 Å². The van der Waals surface area contributed by atoms with E-state index in [0.29, 0.717) is 17.2 Å². The minimum Gasteiger partial charge on any atom is -0.349 e. The van der Waals surface area contributed by atoms with Crippen molar-refractivity contribution in [2.75, 3.05) is 36.8 Å². The number of hydrogen-bond donors (Lipinski definition) is 1. The van der Waals surface area contributed by atoms with Crippen molar-refractivity contribution in [3.8, 4) is 0 Å². The first-order chi connectivity index (χ1) is 15.5. The van der Waals surface area contributed by atoms with Gasteiger partial charge in [-0.15, -0.1) is 11.8 Å². The Kier molecular flexibility index (Phi) is 7.53. The van der Waals surface area contributed by atoms with Gasteiger partial charge in [0.1, 0.15) is 0 Å². The van der Waals surface area contributed by atoms with Gasteiger partial charge in [0.25, 0.3) is 5.91 Å². The molecule has 2 aromatic rings. The molecule has 2 aromatic carbocycles. The Balaban J connectivity index is 1.33. The third-order valence-electron chi connectivity index (χ3n) is 6.22. The van der Waals surface area contributed by atoms with Crippen LogP contribution in [0.15, 0.2) is 53.4 Å². The van der Waals surface area contributed by atoms with Crippen molar-refractivity contribution < 1.29 is 9.59 Å². The van der Waals surface area contributed by atoms with Gasteiger partial charge in [-0.1, -0.05) is 44.2 Å². The second-order valence-corrected chi connectivity index (χ2v) is 10.2. The molecule has 2 heterocycles. The van der Waals surface area contributed by atoms with Crippen LogP contribution in [0, 0.1) is 5.92 Å². The fraction of sp³-hybridized carbons (Fsp3) is 0.462. The number of nitrogens with zero attached hydrogens (tertiary/aromatic N) is 2. The molecule has 6 heteroatoms. The van der Waals surface area contributed by atoms with Gasteiger partial charge in [0.05, 0.1) is 11.3 Å². The third-order valence-corrected chi connectivity index (χ3v) is 7.28. The number of nitrogens with one attached hydrogen (secondary N) is 1. The van der Waals surface area contributed by atoms with E-state index in [4.69, 9.17) is 0 Å². The lowest BCUT2D eigenvalue weighted by atomic mass is 10.0. The zero-order chi connectivity index (χ0) is 22.5. The number of fused-ring (bicyclic) bond motifs is 1. The molecule has 4 rings (SSSR count). The molecule has 1 saturated heterocycles. The maximum absolute atomic E-state index is 13.0. The van der Waals surface area contributed by atoms with Gasteiger partial charge < -0.3 is 15.1 Å². The molecule has 2 aliphatic heterocycles. The van der Waals surface area contributed by atoms with Crippen LogP contribution in [0.5, 0.6) is 0 Å². The van der Waals surface area contributed by atoms with Gasteiger partial charge in [0.2, 0.25) is 5.91 Å². The maximum atomic E-state index is 13.0. The van der Waals surface area contributed by atoms with E-state index in [1.54, 1.807) is 0 Å². The summed E-state index contributed by atoms with van der Waals surface area (Å²) in [4.78, 5) is 31.1. The lowest BCUT2D eigenvalue weighted by Crippen LogP contribution is -2.45. The molecule has 0 radical (unpaired) electrons. The number of rotatable bonds is 7. The summed E-state index contributed by atoms with van der Waals surface area (Å²) in [5.74, 6) is 1.05. The van der Waals surface area contributed by atoms with E-state index >= 15 is 0 Å². The molecule has 0 aromatic heterocycles. The normalized spacial score (nSPS) is 16.9. The first-order valence-corrected chi connectivity index (χ1v) is 12.6. The van der Waals surface area contributed by atoms with Crippen molar-refractivity contribution in [1.82, 2.24) is 10.2 Å². The molecule has 0 saturated carbocycles. The van der Waals surface area contributed by atoms with Crippen LogP contribution < -0.4 is 10.2 Å². The van der Waals surface area contributed by atoms with E-state index in [2.05, 4.69) is 30.1 Å². The summed E-state index contributed by atoms with van der Waals surface area (Å²) in [6.07, 6.45) is 2.88. The highest BCUT2D eigenvalue weighted by molar-refractivity contribution is 8.00. The number of benzene rings is 2. The van der Waals surface area contributed by atoms with Crippen LogP contribution in [0.2, 0.25) is 0 Å². The van der Waals surface area contributed by atoms with Crippen molar-refractivity contribution in [2.24, 2.45) is 5.92 Å². The Morgan fingerprint density at radius 3 is 2.53 bits per heavy atom. The summed E-state index contributed by atoms with van der Waals surface area (Å²) in [5.41, 5.74) is 2.91. The zero-order valence-corrected chi connectivity index (χ0v) is 19.9. The van der Waals surface area contributed by atoms with Crippen molar-refractivity contribution >= 4 is 29.3 Å². The number of carbonyl (C=O) groups is 2. The predicted molar refractivity (Wildman–Crippen MR) is 131 cm³/mol. The Bertz CT molecular complexity index is 954. The van der Waals surface area contributed by atoms with Crippen LogP contribution in [-0.4, -0.2) is 54.7 Å². The molecule has 1 N–H and O–H groups in total. The fourth-order valence-electron chi connectivity index (χ4n) is 4.63. The second kappa shape index (κ2) is 10.5. The van der Waals surface area contributed by atoms with E-state index < -0.39 is 0 Å². The Morgan fingerprint density at radius 1 is 1.03 bits per heavy atom. The lowest BCUT2D eigenvalue weighted by Gasteiger charge is -2.33. The van der Waals surface area contributed by atoms with Gasteiger partial charge >= 0.3 is 0 Å². The average Bonchev–Trinajstić information content (AvgIpc) is 3.23. The van der Waals surface area contributed by atoms with Crippen molar-refractivity contribution in [3.05, 3.63) is 59.7 Å². The van der Waals surface area contributed by atoms with Crippen LogP contribution in [0.4, 0.5) is 5.69 Å². The van der Waals surface area contributed by atoms with E-state index in [0.717, 1.165) is 56.0 Å². The van der Waals surface area contributed by atoms with E-state index in [1.807, 2.05) is 47.4 Å². The van der Waals surface area contributed by atoms with Crippen LogP contribution in [-0.2, 0) is 11.2 Å². The minimum absolute atomic E-state index is 0.0330. The van der Waals surface area contributed by atoms with Crippen LogP contribution in [0.25, 0.3) is 0 Å². The maximum Gasteiger partial charge on any atom is 0.252 e. The first-order valence-electron chi connectivity index (χ1n) is 11.6. The summed E-state index contributed by atoms with van der Waals surface area (Å²) in [5, 5.41) is 3.23. The molecule has 0 bridgehead atoms. The molecule has 2 aliphatic rings. The van der Waals surface area contributed by atoms with Gasteiger partial charge in [-0.2, -0.15) is 0 Å². The summed E-state index contributed by atoms with van der Waals surface area (Å²) in [6.45, 7) is 8.41. The van der Waals surface area contributed by atoms with Gasteiger partial charge in [-0.25, -0.2) is 0 Å². The number of likely N-dealkylation sites (tertiary alicyclic amines) is 1. The fourth-order valence-corrected chi connectivity index (χ4v) is 5.56. The summed E-state index contributed by atoms with van der Waals surface area (Å²) >= 11 is 1.45. The second-order valence-electron chi connectivity index (χ2n) is 9.15. The molecular formula is C26H33N3O2S. The predicted octanol–water partition coefficient (Wildman–Crippen LogP) is 4.22. The number of piperidine rings is 1. The molecule has 2 amide bonds. The third kappa shape index (κ3) is 5.54. The molecule has 1 fully saturated rings. The van der Waals surface area contributed by atoms with Gasteiger partial charge in [-0.05, 0) is 48.9 Å². The van der Waals surface area contributed by atoms with Gasteiger partial charge in [0.15, 0.2) is 0 Å². The van der Waals surface area contributed by atoms with Gasteiger partial charge in [0, 0.05) is 42.8 Å². The van der Waals surface area contributed by atoms with Crippen molar-refractivity contribution in [1.29, 1.82) is 0 Å². The van der Waals surface area contributed by atoms with E-state index in [-0.39, 0.29) is 17.9 Å². The molecule has 0 spiro atoms. The summed E-state index contributed by atoms with van der Waals surface area (Å²) < 4.78 is 0. The number of hydrogen-bond acceptors (Lipinski definition) is 4. The summed E-state index contributed by atoms with van der Waals surface area (Å²) in [7, 11) is 0. The van der Waals surface area contributed by atoms with Crippen LogP contribution >= 0.6 is 11.8 Å². The number of carbonyl (C=O) groups excluding carboxylic acids is 2. The number of anilines is 1. The van der Waals surface area contributed by atoms with Gasteiger partial charge in [-0.3, -0.25) is 9.59 Å². The Hall–Kier alpha value is -2.31. The molecule has 0 aliphatic carbocycles. The van der Waals surface area contributed by atoms with Crippen LogP contribution in [0.3, 0.4) is 0 Å². The standard InChI is InChI=1S/C26H33N3O2S/c1-19(2)17-28-14-12-21(13-15-28)27-26(31)22-8-4-6-10-24(22)32-18-25(30)29-16-11-20-7-3-5-9-23(20)29/h3-10,19,21H,11-18H2,1-2H3,(H,27,31). The number of para-hydroxylation sites is 1. The quantitative estimate of drug-likeness (QED) is 0.641.